The third-order valence-electron chi connectivity index (χ3n) is 5.52. The van der Waals surface area contributed by atoms with Crippen LogP contribution < -0.4 is 20.3 Å². The Kier molecular flexibility index (Phi) is 6.58. The highest BCUT2D eigenvalue weighted by Crippen LogP contribution is 2.25. The highest BCUT2D eigenvalue weighted by atomic mass is 16.5. The number of aromatic nitrogens is 2. The summed E-state index contributed by atoms with van der Waals surface area (Å²) in [6.45, 7) is 0.186. The van der Waals surface area contributed by atoms with Gasteiger partial charge in [0.2, 0.25) is 0 Å². The van der Waals surface area contributed by atoms with E-state index in [1.165, 1.54) is 26.4 Å². The van der Waals surface area contributed by atoms with Crippen LogP contribution in [0.5, 0.6) is 11.5 Å². The fourth-order valence-electron chi connectivity index (χ4n) is 3.84. The van der Waals surface area contributed by atoms with Crippen molar-refractivity contribution in [3.8, 4) is 11.5 Å². The van der Waals surface area contributed by atoms with E-state index in [2.05, 4.69) is 10.3 Å². The minimum Gasteiger partial charge on any atom is -0.497 e. The van der Waals surface area contributed by atoms with Crippen LogP contribution in [-0.2, 0) is 22.5 Å². The predicted octanol–water partition coefficient (Wildman–Crippen LogP) is 2.94. The molecule has 9 heteroatoms. The normalized spacial score (nSPS) is 13.0. The molecule has 9 nitrogen and oxygen atoms in total. The Morgan fingerprint density at radius 3 is 2.52 bits per heavy atom. The minimum absolute atomic E-state index is 0.0927. The first kappa shape index (κ1) is 22.3. The van der Waals surface area contributed by atoms with E-state index in [0.29, 0.717) is 34.6 Å². The van der Waals surface area contributed by atoms with Crippen molar-refractivity contribution in [1.82, 2.24) is 9.55 Å². The summed E-state index contributed by atoms with van der Waals surface area (Å²) >= 11 is 0. The molecule has 2 aromatic carbocycles. The van der Waals surface area contributed by atoms with E-state index in [1.54, 1.807) is 28.8 Å². The molecule has 0 atom stereocenters. The van der Waals surface area contributed by atoms with Crippen molar-refractivity contribution in [2.75, 3.05) is 26.1 Å². The molecule has 1 amide bonds. The van der Waals surface area contributed by atoms with Crippen LogP contribution in [-0.4, -0.2) is 42.3 Å². The van der Waals surface area contributed by atoms with Crippen LogP contribution in [0.3, 0.4) is 0 Å². The van der Waals surface area contributed by atoms with Gasteiger partial charge in [-0.3, -0.25) is 14.2 Å². The molecule has 33 heavy (non-hydrogen) atoms. The predicted molar refractivity (Wildman–Crippen MR) is 122 cm³/mol. The molecule has 0 saturated carbocycles. The summed E-state index contributed by atoms with van der Waals surface area (Å²) in [7, 11) is 3.01. The number of nitrogens with one attached hydrogen (secondary N) is 1. The topological polar surface area (TPSA) is 109 Å². The van der Waals surface area contributed by atoms with E-state index in [9.17, 15) is 14.4 Å². The smallest absolute Gasteiger partial charge is 0.338 e. The van der Waals surface area contributed by atoms with E-state index in [-0.39, 0.29) is 11.1 Å². The number of esters is 1. The number of carbonyl (C=O) groups is 2. The lowest BCUT2D eigenvalue weighted by molar-refractivity contribution is -0.119. The molecule has 1 N–H and O–H groups in total. The molecule has 0 fully saturated rings. The number of nitrogens with zero attached hydrogens (tertiary/aromatic N) is 2. The molecule has 3 aromatic rings. The van der Waals surface area contributed by atoms with Gasteiger partial charge >= 0.3 is 5.97 Å². The quantitative estimate of drug-likeness (QED) is 0.574. The summed E-state index contributed by atoms with van der Waals surface area (Å²) in [6.07, 6.45) is 3.72. The van der Waals surface area contributed by atoms with Crippen LogP contribution >= 0.6 is 0 Å². The molecule has 0 bridgehead atoms. The number of methoxy groups -OCH3 is 2. The summed E-state index contributed by atoms with van der Waals surface area (Å²) in [6, 6.07) is 9.56. The van der Waals surface area contributed by atoms with Crippen molar-refractivity contribution in [3.63, 3.8) is 0 Å². The summed E-state index contributed by atoms with van der Waals surface area (Å²) in [5.74, 6) is 0.579. The number of ether oxygens (including phenoxy) is 3. The van der Waals surface area contributed by atoms with Gasteiger partial charge in [0.05, 0.1) is 30.7 Å². The number of fused-ring (bicyclic) bond motifs is 2. The fourth-order valence-corrected chi connectivity index (χ4v) is 3.84. The largest absolute Gasteiger partial charge is 0.497 e. The highest BCUT2D eigenvalue weighted by Gasteiger charge is 2.17. The lowest BCUT2D eigenvalue weighted by Crippen LogP contribution is -2.25. The van der Waals surface area contributed by atoms with Gasteiger partial charge in [0.15, 0.2) is 6.61 Å². The van der Waals surface area contributed by atoms with E-state index < -0.39 is 18.5 Å². The maximum Gasteiger partial charge on any atom is 0.338 e. The van der Waals surface area contributed by atoms with Crippen molar-refractivity contribution >= 4 is 28.5 Å². The Bertz CT molecular complexity index is 1240. The molecular weight excluding hydrogens is 426 g/mol. The zero-order chi connectivity index (χ0) is 23.4. The van der Waals surface area contributed by atoms with Gasteiger partial charge in [0, 0.05) is 36.9 Å². The standard InChI is InChI=1S/C24H25N3O6/c1-31-17-11-16(12-18(13-17)32-2)25-22(28)14-33-24(30)15-7-8-19-20(10-15)26-21-6-4-3-5-9-27(21)23(19)29/h7-8,10-13H,3-6,9,14H2,1-2H3,(H,25,28). The number of benzene rings is 2. The summed E-state index contributed by atoms with van der Waals surface area (Å²) in [5, 5.41) is 3.10. The Hall–Kier alpha value is -3.88. The van der Waals surface area contributed by atoms with Crippen molar-refractivity contribution < 1.29 is 23.8 Å². The average Bonchev–Trinajstić information content (AvgIpc) is 3.07. The molecule has 2 heterocycles. The molecular formula is C24H25N3O6. The van der Waals surface area contributed by atoms with Gasteiger partial charge in [-0.05, 0) is 31.0 Å². The van der Waals surface area contributed by atoms with Gasteiger partial charge in [-0.1, -0.05) is 6.42 Å². The number of carbonyl (C=O) groups excluding carboxylic acids is 2. The van der Waals surface area contributed by atoms with Gasteiger partial charge in [0.1, 0.15) is 17.3 Å². The van der Waals surface area contributed by atoms with Crippen molar-refractivity contribution in [2.45, 2.75) is 32.2 Å². The van der Waals surface area contributed by atoms with Crippen LogP contribution in [0.25, 0.3) is 10.9 Å². The van der Waals surface area contributed by atoms with Gasteiger partial charge in [0.25, 0.3) is 11.5 Å². The third-order valence-corrected chi connectivity index (χ3v) is 5.52. The molecule has 4 rings (SSSR count). The lowest BCUT2D eigenvalue weighted by atomic mass is 10.1. The maximum atomic E-state index is 12.8. The van der Waals surface area contributed by atoms with Crippen LogP contribution in [0, 0.1) is 0 Å². The molecule has 172 valence electrons. The third kappa shape index (κ3) is 4.97. The molecule has 0 saturated heterocycles. The summed E-state index contributed by atoms with van der Waals surface area (Å²) in [4.78, 5) is 42.2. The van der Waals surface area contributed by atoms with Gasteiger partial charge < -0.3 is 19.5 Å². The van der Waals surface area contributed by atoms with E-state index in [1.807, 2.05) is 0 Å². The number of hydrogen-bond donors (Lipinski definition) is 1. The molecule has 0 spiro atoms. The fraction of sp³-hybridized carbons (Fsp3) is 0.333. The second-order valence-electron chi connectivity index (χ2n) is 7.75. The van der Waals surface area contributed by atoms with Crippen LogP contribution in [0.4, 0.5) is 5.69 Å². The average molecular weight is 451 g/mol. The monoisotopic (exact) mass is 451 g/mol. The molecule has 0 unspecified atom stereocenters. The molecule has 1 aliphatic heterocycles. The summed E-state index contributed by atoms with van der Waals surface area (Å²) in [5.41, 5.74) is 1.03. The lowest BCUT2D eigenvalue weighted by Gasteiger charge is -2.11. The maximum absolute atomic E-state index is 12.8. The van der Waals surface area contributed by atoms with Crippen LogP contribution in [0.15, 0.2) is 41.2 Å². The van der Waals surface area contributed by atoms with Crippen molar-refractivity contribution in [1.29, 1.82) is 0 Å². The molecule has 0 radical (unpaired) electrons. The Balaban J connectivity index is 1.45. The summed E-state index contributed by atoms with van der Waals surface area (Å²) < 4.78 is 17.2. The van der Waals surface area contributed by atoms with E-state index >= 15 is 0 Å². The molecule has 1 aliphatic rings. The Labute approximate surface area is 190 Å². The first-order valence-corrected chi connectivity index (χ1v) is 10.7. The number of hydrogen-bond acceptors (Lipinski definition) is 7. The van der Waals surface area contributed by atoms with Gasteiger partial charge in [-0.2, -0.15) is 0 Å². The van der Waals surface area contributed by atoms with Crippen molar-refractivity contribution in [2.24, 2.45) is 0 Å². The van der Waals surface area contributed by atoms with Gasteiger partial charge in [-0.15, -0.1) is 0 Å². The SMILES string of the molecule is COc1cc(NC(=O)COC(=O)c2ccc3c(=O)n4c(nc3c2)CCCCC4)cc(OC)c1. The zero-order valence-electron chi connectivity index (χ0n) is 18.6. The van der Waals surface area contributed by atoms with E-state index in [0.717, 1.165) is 31.5 Å². The number of amides is 1. The molecule has 1 aromatic heterocycles. The van der Waals surface area contributed by atoms with Gasteiger partial charge in [-0.25, -0.2) is 9.78 Å². The number of anilines is 1. The second-order valence-corrected chi connectivity index (χ2v) is 7.75. The number of rotatable bonds is 6. The van der Waals surface area contributed by atoms with Crippen molar-refractivity contribution in [3.05, 3.63) is 58.1 Å². The second kappa shape index (κ2) is 9.72. The zero-order valence-corrected chi connectivity index (χ0v) is 18.6. The Morgan fingerprint density at radius 2 is 1.79 bits per heavy atom. The Morgan fingerprint density at radius 1 is 1.03 bits per heavy atom. The first-order chi connectivity index (χ1) is 16.0. The van der Waals surface area contributed by atoms with Crippen LogP contribution in [0.2, 0.25) is 0 Å². The molecule has 0 aliphatic carbocycles. The highest BCUT2D eigenvalue weighted by molar-refractivity contribution is 5.97. The van der Waals surface area contributed by atoms with E-state index in [4.69, 9.17) is 14.2 Å². The van der Waals surface area contributed by atoms with Crippen LogP contribution in [0.1, 0.15) is 35.4 Å². The minimum atomic E-state index is -0.674. The first-order valence-electron chi connectivity index (χ1n) is 10.7. The number of aryl methyl sites for hydroxylation is 1.